The highest BCUT2D eigenvalue weighted by atomic mass is 127. The van der Waals surface area contributed by atoms with Crippen LogP contribution in [-0.4, -0.2) is 37.5 Å². The molecule has 0 spiro atoms. The maximum atomic E-state index is 13.2. The Hall–Kier alpha value is -3.90. The van der Waals surface area contributed by atoms with Crippen LogP contribution < -0.4 is 25.0 Å². The van der Waals surface area contributed by atoms with Gasteiger partial charge in [-0.05, 0) is 95.6 Å². The van der Waals surface area contributed by atoms with Gasteiger partial charge in [0, 0.05) is 10.7 Å². The van der Waals surface area contributed by atoms with Crippen LogP contribution in [0, 0.1) is 17.4 Å². The third kappa shape index (κ3) is 6.40. The number of urea groups is 1. The number of halogens is 2. The third-order valence-corrected chi connectivity index (χ3v) is 6.78. The van der Waals surface area contributed by atoms with Crippen LogP contribution in [0.1, 0.15) is 16.7 Å². The maximum absolute atomic E-state index is 13.2. The summed E-state index contributed by atoms with van der Waals surface area (Å²) in [5, 5.41) is 5.34. The zero-order valence-electron chi connectivity index (χ0n) is 21.1. The number of rotatable bonds is 7. The second-order valence-electron chi connectivity index (χ2n) is 8.63. The van der Waals surface area contributed by atoms with Crippen molar-refractivity contribution in [2.75, 3.05) is 23.9 Å². The lowest BCUT2D eigenvalue weighted by atomic mass is 10.1. The van der Waals surface area contributed by atoms with Gasteiger partial charge in [0.05, 0.1) is 16.4 Å². The number of ether oxygens (including phenoxy) is 2. The van der Waals surface area contributed by atoms with E-state index >= 15 is 0 Å². The fourth-order valence-corrected chi connectivity index (χ4v) is 4.80. The van der Waals surface area contributed by atoms with Crippen molar-refractivity contribution in [2.45, 2.75) is 13.8 Å². The Kier molecular flexibility index (Phi) is 8.56. The molecule has 3 aromatic carbocycles. The fraction of sp³-hybridized carbons (Fsp3) is 0.143. The number of methoxy groups -OCH3 is 1. The van der Waals surface area contributed by atoms with Gasteiger partial charge in [-0.25, -0.2) is 9.69 Å². The van der Waals surface area contributed by atoms with E-state index in [4.69, 9.17) is 21.1 Å². The highest BCUT2D eigenvalue weighted by molar-refractivity contribution is 14.1. The quantitative estimate of drug-likeness (QED) is 0.204. The molecular weight excluding hydrogens is 637 g/mol. The molecule has 2 N–H and O–H groups in total. The Morgan fingerprint density at radius 2 is 1.87 bits per heavy atom. The molecule has 1 aliphatic heterocycles. The molecule has 5 amide bonds. The lowest BCUT2D eigenvalue weighted by molar-refractivity contribution is -0.122. The van der Waals surface area contributed by atoms with Crippen LogP contribution >= 0.6 is 34.2 Å². The van der Waals surface area contributed by atoms with Gasteiger partial charge in [-0.1, -0.05) is 29.8 Å². The first-order chi connectivity index (χ1) is 18.6. The summed E-state index contributed by atoms with van der Waals surface area (Å²) in [7, 11) is 1.43. The number of carbonyl (C=O) groups excluding carboxylic acids is 4. The summed E-state index contributed by atoms with van der Waals surface area (Å²) in [4.78, 5) is 51.6. The van der Waals surface area contributed by atoms with Crippen molar-refractivity contribution in [3.63, 3.8) is 0 Å². The Labute approximate surface area is 243 Å². The number of carbonyl (C=O) groups is 4. The molecule has 4 rings (SSSR count). The molecule has 200 valence electrons. The average molecular weight is 660 g/mol. The van der Waals surface area contributed by atoms with Crippen molar-refractivity contribution >= 4 is 75.4 Å². The lowest BCUT2D eigenvalue weighted by Crippen LogP contribution is -2.54. The number of hydrogen-bond donors (Lipinski definition) is 2. The minimum Gasteiger partial charge on any atom is -0.493 e. The molecule has 11 heteroatoms. The van der Waals surface area contributed by atoms with Gasteiger partial charge in [-0.3, -0.25) is 19.7 Å². The van der Waals surface area contributed by atoms with Crippen LogP contribution in [0.15, 0.2) is 60.2 Å². The van der Waals surface area contributed by atoms with E-state index < -0.39 is 17.8 Å². The van der Waals surface area contributed by atoms with Crippen molar-refractivity contribution in [2.24, 2.45) is 0 Å². The first-order valence-corrected chi connectivity index (χ1v) is 13.1. The number of amides is 5. The molecule has 1 aliphatic rings. The zero-order chi connectivity index (χ0) is 28.3. The highest BCUT2D eigenvalue weighted by Crippen LogP contribution is 2.35. The van der Waals surface area contributed by atoms with Crippen LogP contribution in [0.5, 0.6) is 11.5 Å². The van der Waals surface area contributed by atoms with Crippen LogP contribution in [0.25, 0.3) is 6.08 Å². The van der Waals surface area contributed by atoms with Gasteiger partial charge in [0.2, 0.25) is 0 Å². The SMILES string of the molecule is COc1cc(/C=C2\C(=O)NC(=O)N(c3cccc(Cl)c3)C2=O)cc(I)c1OCC(=O)Nc1cc(C)ccc1C. The minimum absolute atomic E-state index is 0.221. The third-order valence-electron chi connectivity index (χ3n) is 5.75. The van der Waals surface area contributed by atoms with Crippen molar-refractivity contribution in [3.05, 3.63) is 85.5 Å². The Bertz CT molecular complexity index is 1540. The molecule has 0 atom stereocenters. The first kappa shape index (κ1) is 28.1. The molecular formula is C28H23ClIN3O6. The fourth-order valence-electron chi connectivity index (χ4n) is 3.83. The van der Waals surface area contributed by atoms with Gasteiger partial charge in [-0.2, -0.15) is 0 Å². The van der Waals surface area contributed by atoms with E-state index in [2.05, 4.69) is 10.6 Å². The molecule has 0 aromatic heterocycles. The van der Waals surface area contributed by atoms with E-state index in [1.807, 2.05) is 54.6 Å². The van der Waals surface area contributed by atoms with E-state index in [0.29, 0.717) is 31.3 Å². The Morgan fingerprint density at radius 3 is 2.59 bits per heavy atom. The number of imide groups is 2. The predicted octanol–water partition coefficient (Wildman–Crippen LogP) is 5.25. The molecule has 0 radical (unpaired) electrons. The summed E-state index contributed by atoms with van der Waals surface area (Å²) in [6.07, 6.45) is 1.35. The van der Waals surface area contributed by atoms with E-state index in [1.54, 1.807) is 24.3 Å². The number of anilines is 2. The van der Waals surface area contributed by atoms with Crippen LogP contribution in [-0.2, 0) is 14.4 Å². The van der Waals surface area contributed by atoms with Gasteiger partial charge >= 0.3 is 6.03 Å². The van der Waals surface area contributed by atoms with E-state index in [-0.39, 0.29) is 23.8 Å². The molecule has 0 aliphatic carbocycles. The maximum Gasteiger partial charge on any atom is 0.335 e. The minimum atomic E-state index is -0.876. The average Bonchev–Trinajstić information content (AvgIpc) is 2.87. The predicted molar refractivity (Wildman–Crippen MR) is 156 cm³/mol. The van der Waals surface area contributed by atoms with Gasteiger partial charge in [-0.15, -0.1) is 0 Å². The molecule has 0 saturated carbocycles. The van der Waals surface area contributed by atoms with Crippen molar-refractivity contribution < 1.29 is 28.7 Å². The zero-order valence-corrected chi connectivity index (χ0v) is 24.0. The summed E-state index contributed by atoms with van der Waals surface area (Å²) < 4.78 is 11.8. The first-order valence-electron chi connectivity index (χ1n) is 11.6. The van der Waals surface area contributed by atoms with Crippen molar-refractivity contribution in [1.29, 1.82) is 0 Å². The largest absolute Gasteiger partial charge is 0.493 e. The summed E-state index contributed by atoms with van der Waals surface area (Å²) >= 11 is 8.03. The lowest BCUT2D eigenvalue weighted by Gasteiger charge is -2.26. The molecule has 1 fully saturated rings. The number of nitrogens with zero attached hydrogens (tertiary/aromatic N) is 1. The number of hydrogen-bond acceptors (Lipinski definition) is 6. The molecule has 3 aromatic rings. The number of nitrogens with one attached hydrogen (secondary N) is 2. The Morgan fingerprint density at radius 1 is 1.10 bits per heavy atom. The summed E-state index contributed by atoms with van der Waals surface area (Å²) in [6.45, 7) is 3.57. The van der Waals surface area contributed by atoms with E-state index in [9.17, 15) is 19.2 Å². The molecule has 0 unspecified atom stereocenters. The van der Waals surface area contributed by atoms with Crippen molar-refractivity contribution in [3.8, 4) is 11.5 Å². The van der Waals surface area contributed by atoms with Gasteiger partial charge in [0.15, 0.2) is 18.1 Å². The molecule has 1 saturated heterocycles. The smallest absolute Gasteiger partial charge is 0.335 e. The van der Waals surface area contributed by atoms with Crippen molar-refractivity contribution in [1.82, 2.24) is 5.32 Å². The molecule has 9 nitrogen and oxygen atoms in total. The van der Waals surface area contributed by atoms with Gasteiger partial charge < -0.3 is 14.8 Å². The summed E-state index contributed by atoms with van der Waals surface area (Å²) in [5.41, 5.74) is 3.06. The van der Waals surface area contributed by atoms with Crippen LogP contribution in [0.2, 0.25) is 5.02 Å². The second-order valence-corrected chi connectivity index (χ2v) is 10.2. The molecule has 39 heavy (non-hydrogen) atoms. The number of aryl methyl sites for hydroxylation is 2. The van der Waals surface area contributed by atoms with E-state index in [1.165, 1.54) is 25.3 Å². The van der Waals surface area contributed by atoms with Crippen LogP contribution in [0.4, 0.5) is 16.2 Å². The molecule has 0 bridgehead atoms. The summed E-state index contributed by atoms with van der Waals surface area (Å²) in [6, 6.07) is 14.3. The number of benzene rings is 3. The van der Waals surface area contributed by atoms with Gasteiger partial charge in [0.1, 0.15) is 5.57 Å². The highest BCUT2D eigenvalue weighted by Gasteiger charge is 2.37. The second kappa shape index (κ2) is 11.9. The summed E-state index contributed by atoms with van der Waals surface area (Å²) in [5.74, 6) is -1.36. The normalized spacial score (nSPS) is 14.3. The monoisotopic (exact) mass is 659 g/mol. The standard InChI is InChI=1S/C28H23ClIN3O6/c1-15-7-8-16(2)22(9-15)31-24(34)14-39-25-21(30)11-17(12-23(25)38-3)10-20-26(35)32-28(37)33(27(20)36)19-6-4-5-18(29)13-19/h4-13H,14H2,1-3H3,(H,31,34)(H,32,35,37)/b20-10+. The Balaban J connectivity index is 1.56. The molecule has 1 heterocycles. The van der Waals surface area contributed by atoms with E-state index in [0.717, 1.165) is 16.0 Å². The van der Waals surface area contributed by atoms with Gasteiger partial charge in [0.25, 0.3) is 17.7 Å². The number of barbiturate groups is 1. The topological polar surface area (TPSA) is 114 Å². The van der Waals surface area contributed by atoms with Crippen LogP contribution in [0.3, 0.4) is 0 Å².